The van der Waals surface area contributed by atoms with Gasteiger partial charge in [-0.1, -0.05) is 17.7 Å². The SMILES string of the molecule is C[C@@H](O)CN1C(=O)C(=O)C(=C(O)c2ccc(Cl)cc2)[C@@H]1c1cccnc1. The number of nitrogens with zero attached hydrogens (tertiary/aromatic N) is 2. The number of hydrogen-bond donors (Lipinski definition) is 2. The molecule has 0 radical (unpaired) electrons. The van der Waals surface area contributed by atoms with Crippen LogP contribution in [-0.2, 0) is 9.59 Å². The van der Waals surface area contributed by atoms with Gasteiger partial charge in [0.05, 0.1) is 17.7 Å². The van der Waals surface area contributed by atoms with E-state index in [1.807, 2.05) is 0 Å². The predicted molar refractivity (Wildman–Crippen MR) is 96.4 cm³/mol. The van der Waals surface area contributed by atoms with Crippen LogP contribution in [-0.4, -0.2) is 44.4 Å². The summed E-state index contributed by atoms with van der Waals surface area (Å²) in [5.74, 6) is -1.86. The van der Waals surface area contributed by atoms with Gasteiger partial charge in [0.15, 0.2) is 0 Å². The zero-order valence-electron chi connectivity index (χ0n) is 14.0. The van der Waals surface area contributed by atoms with Gasteiger partial charge >= 0.3 is 0 Å². The van der Waals surface area contributed by atoms with Crippen LogP contribution < -0.4 is 0 Å². The van der Waals surface area contributed by atoms with Crippen LogP contribution in [0.3, 0.4) is 0 Å². The van der Waals surface area contributed by atoms with Gasteiger partial charge in [0.1, 0.15) is 5.76 Å². The number of halogens is 1. The Kier molecular flexibility index (Phi) is 5.06. The molecule has 2 N–H and O–H groups in total. The van der Waals surface area contributed by atoms with Crippen LogP contribution in [0, 0.1) is 0 Å². The van der Waals surface area contributed by atoms with Crippen molar-refractivity contribution in [2.24, 2.45) is 0 Å². The molecular formula is C19H17ClN2O4. The molecule has 1 aromatic carbocycles. The van der Waals surface area contributed by atoms with E-state index in [9.17, 15) is 19.8 Å². The van der Waals surface area contributed by atoms with E-state index in [0.717, 1.165) is 0 Å². The number of aliphatic hydroxyl groups is 2. The van der Waals surface area contributed by atoms with Crippen molar-refractivity contribution in [1.82, 2.24) is 9.88 Å². The summed E-state index contributed by atoms with van der Waals surface area (Å²) in [5.41, 5.74) is 0.909. The Morgan fingerprint density at radius 2 is 1.96 bits per heavy atom. The standard InChI is InChI=1S/C19H17ClN2O4/c1-11(23)10-22-16(13-3-2-8-21-9-13)15(18(25)19(22)26)17(24)12-4-6-14(20)7-5-12/h2-9,11,16,23-24H,10H2,1H3/t11-,16+/m1/s1. The van der Waals surface area contributed by atoms with Crippen molar-refractivity contribution >= 4 is 29.1 Å². The van der Waals surface area contributed by atoms with Crippen molar-refractivity contribution in [3.63, 3.8) is 0 Å². The Hall–Kier alpha value is -2.70. The molecule has 6 nitrogen and oxygen atoms in total. The molecule has 0 bridgehead atoms. The van der Waals surface area contributed by atoms with Crippen molar-refractivity contribution in [3.05, 3.63) is 70.5 Å². The first-order chi connectivity index (χ1) is 12.4. The fourth-order valence-corrected chi connectivity index (χ4v) is 3.13. The van der Waals surface area contributed by atoms with E-state index in [0.29, 0.717) is 16.1 Å². The molecule has 7 heteroatoms. The van der Waals surface area contributed by atoms with Gasteiger partial charge in [-0.2, -0.15) is 0 Å². The number of ketones is 1. The fourth-order valence-electron chi connectivity index (χ4n) is 3.00. The van der Waals surface area contributed by atoms with Gasteiger partial charge in [0.2, 0.25) is 0 Å². The molecule has 26 heavy (non-hydrogen) atoms. The molecule has 1 saturated heterocycles. The smallest absolute Gasteiger partial charge is 0.295 e. The van der Waals surface area contributed by atoms with E-state index in [2.05, 4.69) is 4.98 Å². The number of carbonyl (C=O) groups is 2. The number of amides is 1. The number of aromatic nitrogens is 1. The lowest BCUT2D eigenvalue weighted by atomic mass is 9.96. The Morgan fingerprint density at radius 1 is 1.27 bits per heavy atom. The number of Topliss-reactive ketones (excluding diaryl/α,β-unsaturated/α-hetero) is 1. The number of carbonyl (C=O) groups excluding carboxylic acids is 2. The second-order valence-electron chi connectivity index (χ2n) is 6.09. The van der Waals surface area contributed by atoms with E-state index >= 15 is 0 Å². The first-order valence-corrected chi connectivity index (χ1v) is 8.40. The summed E-state index contributed by atoms with van der Waals surface area (Å²) in [4.78, 5) is 30.4. The van der Waals surface area contributed by atoms with Crippen LogP contribution in [0.1, 0.15) is 24.1 Å². The molecule has 1 fully saturated rings. The number of β-amino-alcohol motifs (C(OH)–C–C–N with tert-alkyl or cyclic N) is 1. The highest BCUT2D eigenvalue weighted by Gasteiger charge is 2.46. The van der Waals surface area contributed by atoms with Gasteiger partial charge in [-0.3, -0.25) is 14.6 Å². The highest BCUT2D eigenvalue weighted by atomic mass is 35.5. The van der Waals surface area contributed by atoms with Crippen molar-refractivity contribution in [2.75, 3.05) is 6.54 Å². The van der Waals surface area contributed by atoms with Crippen LogP contribution >= 0.6 is 11.6 Å². The molecule has 2 aromatic rings. The summed E-state index contributed by atoms with van der Waals surface area (Å²) in [5, 5.41) is 21.0. The molecule has 134 valence electrons. The third-order valence-corrected chi connectivity index (χ3v) is 4.37. The third kappa shape index (κ3) is 3.34. The number of pyridine rings is 1. The number of rotatable bonds is 4. The molecule has 1 amide bonds. The molecule has 1 aromatic heterocycles. The van der Waals surface area contributed by atoms with Crippen molar-refractivity contribution in [1.29, 1.82) is 0 Å². The fraction of sp³-hybridized carbons (Fsp3) is 0.211. The zero-order chi connectivity index (χ0) is 18.8. The van der Waals surface area contributed by atoms with E-state index in [1.165, 1.54) is 18.0 Å². The van der Waals surface area contributed by atoms with Crippen LogP contribution in [0.25, 0.3) is 5.76 Å². The first-order valence-electron chi connectivity index (χ1n) is 8.02. The molecule has 1 aliphatic rings. The number of aliphatic hydroxyl groups excluding tert-OH is 2. The van der Waals surface area contributed by atoms with Crippen molar-refractivity contribution in [3.8, 4) is 0 Å². The molecule has 2 atom stereocenters. The van der Waals surface area contributed by atoms with Crippen LogP contribution in [0.15, 0.2) is 54.4 Å². The summed E-state index contributed by atoms with van der Waals surface area (Å²) in [7, 11) is 0. The second-order valence-corrected chi connectivity index (χ2v) is 6.53. The van der Waals surface area contributed by atoms with Crippen LogP contribution in [0.2, 0.25) is 5.02 Å². The maximum atomic E-state index is 12.6. The zero-order valence-corrected chi connectivity index (χ0v) is 14.7. The molecular weight excluding hydrogens is 356 g/mol. The minimum Gasteiger partial charge on any atom is -0.507 e. The number of hydrogen-bond acceptors (Lipinski definition) is 5. The summed E-state index contributed by atoms with van der Waals surface area (Å²) < 4.78 is 0. The summed E-state index contributed by atoms with van der Waals surface area (Å²) in [6, 6.07) is 8.88. The molecule has 0 saturated carbocycles. The van der Waals surface area contributed by atoms with Gasteiger partial charge in [0, 0.05) is 29.5 Å². The summed E-state index contributed by atoms with van der Waals surface area (Å²) in [6.07, 6.45) is 2.27. The average molecular weight is 373 g/mol. The highest BCUT2D eigenvalue weighted by Crippen LogP contribution is 2.39. The lowest BCUT2D eigenvalue weighted by Gasteiger charge is -2.26. The van der Waals surface area contributed by atoms with Gasteiger partial charge in [0.25, 0.3) is 11.7 Å². The second kappa shape index (κ2) is 7.27. The lowest BCUT2D eigenvalue weighted by molar-refractivity contribution is -0.140. The Balaban J connectivity index is 2.17. The molecule has 3 rings (SSSR count). The number of benzene rings is 1. The van der Waals surface area contributed by atoms with Crippen LogP contribution in [0.4, 0.5) is 0 Å². The minimum absolute atomic E-state index is 0.0361. The quantitative estimate of drug-likeness (QED) is 0.489. The maximum absolute atomic E-state index is 12.6. The largest absolute Gasteiger partial charge is 0.507 e. The van der Waals surface area contributed by atoms with Crippen molar-refractivity contribution in [2.45, 2.75) is 19.1 Å². The lowest BCUT2D eigenvalue weighted by Crippen LogP contribution is -2.35. The normalized spacial score (nSPS) is 20.4. The summed E-state index contributed by atoms with van der Waals surface area (Å²) >= 11 is 5.87. The summed E-state index contributed by atoms with van der Waals surface area (Å²) in [6.45, 7) is 1.49. The molecule has 0 unspecified atom stereocenters. The minimum atomic E-state index is -0.831. The molecule has 0 spiro atoms. The Labute approximate surface area is 155 Å². The molecule has 1 aliphatic heterocycles. The topological polar surface area (TPSA) is 90.7 Å². The van der Waals surface area contributed by atoms with Gasteiger partial charge in [-0.05, 0) is 42.8 Å². The third-order valence-electron chi connectivity index (χ3n) is 4.12. The van der Waals surface area contributed by atoms with Crippen molar-refractivity contribution < 1.29 is 19.8 Å². The van der Waals surface area contributed by atoms with E-state index < -0.39 is 23.8 Å². The predicted octanol–water partition coefficient (Wildman–Crippen LogP) is 2.54. The first kappa shape index (κ1) is 18.1. The molecule has 2 heterocycles. The number of likely N-dealkylation sites (tertiary alicyclic amines) is 1. The Morgan fingerprint density at radius 3 is 2.54 bits per heavy atom. The van der Waals surface area contributed by atoms with Gasteiger partial charge in [-0.25, -0.2) is 0 Å². The van der Waals surface area contributed by atoms with Crippen LogP contribution in [0.5, 0.6) is 0 Å². The highest BCUT2D eigenvalue weighted by molar-refractivity contribution is 6.46. The average Bonchev–Trinajstić information content (AvgIpc) is 2.87. The Bertz CT molecular complexity index is 863. The van der Waals surface area contributed by atoms with Gasteiger partial charge in [-0.15, -0.1) is 0 Å². The maximum Gasteiger partial charge on any atom is 0.295 e. The monoisotopic (exact) mass is 372 g/mol. The molecule has 0 aliphatic carbocycles. The van der Waals surface area contributed by atoms with E-state index in [1.54, 1.807) is 42.6 Å². The van der Waals surface area contributed by atoms with E-state index in [-0.39, 0.29) is 17.9 Å². The van der Waals surface area contributed by atoms with E-state index in [4.69, 9.17) is 11.6 Å². The van der Waals surface area contributed by atoms with Gasteiger partial charge < -0.3 is 15.1 Å².